The summed E-state index contributed by atoms with van der Waals surface area (Å²) in [5.41, 5.74) is 0.174. The number of ether oxygens (including phenoxy) is 2. The summed E-state index contributed by atoms with van der Waals surface area (Å²) in [7, 11) is 0. The van der Waals surface area contributed by atoms with Crippen LogP contribution >= 0.6 is 0 Å². The minimum absolute atomic E-state index is 0.116. The Hall–Kier alpha value is -1.32. The van der Waals surface area contributed by atoms with Gasteiger partial charge in [-0.05, 0) is 80.6 Å². The molecule has 4 nitrogen and oxygen atoms in total. The van der Waals surface area contributed by atoms with Crippen molar-refractivity contribution in [2.45, 2.75) is 78.2 Å². The first kappa shape index (κ1) is 18.1. The minimum Gasteiger partial charge on any atom is -0.462 e. The van der Waals surface area contributed by atoms with Gasteiger partial charge >= 0.3 is 11.9 Å². The summed E-state index contributed by atoms with van der Waals surface area (Å²) in [4.78, 5) is 22.8. The van der Waals surface area contributed by atoms with E-state index in [0.717, 1.165) is 42.8 Å². The van der Waals surface area contributed by atoms with Gasteiger partial charge in [-0.15, -0.1) is 0 Å². The van der Waals surface area contributed by atoms with Gasteiger partial charge in [-0.3, -0.25) is 9.59 Å². The molecule has 0 aromatic carbocycles. The fourth-order valence-electron chi connectivity index (χ4n) is 7.06. The highest BCUT2D eigenvalue weighted by atomic mass is 16.5. The third-order valence-corrected chi connectivity index (χ3v) is 8.05. The molecule has 26 heavy (non-hydrogen) atoms. The summed E-state index contributed by atoms with van der Waals surface area (Å²) >= 11 is 0. The van der Waals surface area contributed by atoms with Crippen LogP contribution in [0.4, 0.5) is 0 Å². The molecule has 7 unspecified atom stereocenters. The van der Waals surface area contributed by atoms with Crippen LogP contribution in [0.5, 0.6) is 0 Å². The summed E-state index contributed by atoms with van der Waals surface area (Å²) in [6.07, 6.45) is 11.6. The van der Waals surface area contributed by atoms with Crippen LogP contribution < -0.4 is 0 Å². The predicted molar refractivity (Wildman–Crippen MR) is 97.9 cm³/mol. The van der Waals surface area contributed by atoms with E-state index in [2.05, 4.69) is 13.0 Å². The first-order valence-electron chi connectivity index (χ1n) is 10.4. The average Bonchev–Trinajstić information content (AvgIpc) is 2.90. The van der Waals surface area contributed by atoms with Crippen LogP contribution in [0.25, 0.3) is 0 Å². The Morgan fingerprint density at radius 1 is 0.962 bits per heavy atom. The number of allylic oxidation sites excluding steroid dienone is 2. The lowest BCUT2D eigenvalue weighted by molar-refractivity contribution is -0.157. The predicted octanol–water partition coefficient (Wildman–Crippen LogP) is 4.63. The van der Waals surface area contributed by atoms with Gasteiger partial charge in [-0.2, -0.15) is 0 Å². The Kier molecular flexibility index (Phi) is 4.65. The van der Waals surface area contributed by atoms with E-state index >= 15 is 0 Å². The second kappa shape index (κ2) is 6.69. The van der Waals surface area contributed by atoms with Gasteiger partial charge in [0.25, 0.3) is 0 Å². The third kappa shape index (κ3) is 2.99. The standard InChI is InChI=1S/C22H32O4/c1-13(23)25-16-5-7-17-15(12-16)4-6-19-18(17)10-11-22(3)20(19)8-9-21(22)26-14(2)24/h12,15,17-21H,4-11H2,1-3H3. The Morgan fingerprint density at radius 2 is 1.77 bits per heavy atom. The van der Waals surface area contributed by atoms with Gasteiger partial charge in [0.05, 0.1) is 0 Å². The molecule has 0 amide bonds. The Labute approximate surface area is 156 Å². The molecule has 7 atom stereocenters. The van der Waals surface area contributed by atoms with Crippen molar-refractivity contribution in [1.29, 1.82) is 0 Å². The Bertz CT molecular complexity index is 624. The van der Waals surface area contributed by atoms with E-state index in [1.165, 1.54) is 39.0 Å². The van der Waals surface area contributed by atoms with Crippen LogP contribution in [0.2, 0.25) is 0 Å². The van der Waals surface area contributed by atoms with Gasteiger partial charge in [0.15, 0.2) is 0 Å². The molecule has 0 spiro atoms. The normalized spacial score (nSPS) is 44.2. The molecular weight excluding hydrogens is 328 g/mol. The molecular formula is C22H32O4. The molecule has 3 saturated carbocycles. The molecule has 4 heteroatoms. The van der Waals surface area contributed by atoms with Crippen molar-refractivity contribution in [3.63, 3.8) is 0 Å². The number of esters is 2. The molecule has 0 N–H and O–H groups in total. The molecule has 0 heterocycles. The van der Waals surface area contributed by atoms with Crippen molar-refractivity contribution in [2.24, 2.45) is 35.0 Å². The van der Waals surface area contributed by atoms with Crippen LogP contribution in [0, 0.1) is 35.0 Å². The van der Waals surface area contributed by atoms with Gasteiger partial charge in [0.2, 0.25) is 0 Å². The van der Waals surface area contributed by atoms with E-state index in [1.807, 2.05) is 0 Å². The molecule has 3 fully saturated rings. The zero-order valence-electron chi connectivity index (χ0n) is 16.3. The number of hydrogen-bond acceptors (Lipinski definition) is 4. The van der Waals surface area contributed by atoms with Gasteiger partial charge < -0.3 is 9.47 Å². The SMILES string of the molecule is CC(=O)OC1=CC2CCC3C(CCC4(C)C(OC(C)=O)CCC34)C2CC1. The van der Waals surface area contributed by atoms with E-state index in [9.17, 15) is 9.59 Å². The maximum absolute atomic E-state index is 11.5. The lowest BCUT2D eigenvalue weighted by Crippen LogP contribution is -2.49. The Morgan fingerprint density at radius 3 is 2.50 bits per heavy atom. The fraction of sp³-hybridized carbons (Fsp3) is 0.818. The molecule has 144 valence electrons. The molecule has 0 bridgehead atoms. The summed E-state index contributed by atoms with van der Waals surface area (Å²) in [6, 6.07) is 0. The first-order chi connectivity index (χ1) is 12.4. The van der Waals surface area contributed by atoms with Gasteiger partial charge in [0, 0.05) is 25.7 Å². The lowest BCUT2D eigenvalue weighted by atomic mass is 9.51. The maximum atomic E-state index is 11.5. The molecule has 0 aliphatic heterocycles. The van der Waals surface area contributed by atoms with Crippen molar-refractivity contribution in [3.8, 4) is 0 Å². The van der Waals surface area contributed by atoms with E-state index in [0.29, 0.717) is 11.8 Å². The van der Waals surface area contributed by atoms with Gasteiger partial charge in [-0.1, -0.05) is 6.92 Å². The third-order valence-electron chi connectivity index (χ3n) is 8.05. The highest BCUT2D eigenvalue weighted by Gasteiger charge is 2.57. The quantitative estimate of drug-likeness (QED) is 0.674. The van der Waals surface area contributed by atoms with Crippen molar-refractivity contribution >= 4 is 11.9 Å². The highest BCUT2D eigenvalue weighted by Crippen LogP contribution is 2.62. The molecule has 0 radical (unpaired) electrons. The molecule has 0 saturated heterocycles. The van der Waals surface area contributed by atoms with Crippen LogP contribution in [0.1, 0.15) is 72.1 Å². The summed E-state index contributed by atoms with van der Waals surface area (Å²) in [6.45, 7) is 5.41. The van der Waals surface area contributed by atoms with Crippen molar-refractivity contribution in [3.05, 3.63) is 11.8 Å². The number of carbonyl (C=O) groups is 2. The molecule has 0 aromatic rings. The van der Waals surface area contributed by atoms with Gasteiger partial charge in [0.1, 0.15) is 11.9 Å². The molecule has 4 aliphatic carbocycles. The van der Waals surface area contributed by atoms with Crippen molar-refractivity contribution < 1.29 is 19.1 Å². The summed E-state index contributed by atoms with van der Waals surface area (Å²) in [5.74, 6) is 4.16. The Balaban J connectivity index is 1.50. The summed E-state index contributed by atoms with van der Waals surface area (Å²) < 4.78 is 11.1. The molecule has 0 aromatic heterocycles. The number of rotatable bonds is 2. The second-order valence-electron chi connectivity index (χ2n) is 9.32. The lowest BCUT2D eigenvalue weighted by Gasteiger charge is -2.54. The number of hydrogen-bond donors (Lipinski definition) is 0. The maximum Gasteiger partial charge on any atom is 0.307 e. The highest BCUT2D eigenvalue weighted by molar-refractivity contribution is 5.67. The minimum atomic E-state index is -0.195. The monoisotopic (exact) mass is 360 g/mol. The van der Waals surface area contributed by atoms with E-state index in [4.69, 9.17) is 9.47 Å². The van der Waals surface area contributed by atoms with Crippen LogP contribution in [0.3, 0.4) is 0 Å². The van der Waals surface area contributed by atoms with E-state index in [-0.39, 0.29) is 23.5 Å². The van der Waals surface area contributed by atoms with Crippen LogP contribution in [-0.2, 0) is 19.1 Å². The van der Waals surface area contributed by atoms with Crippen LogP contribution in [0.15, 0.2) is 11.8 Å². The van der Waals surface area contributed by atoms with E-state index in [1.54, 1.807) is 6.92 Å². The summed E-state index contributed by atoms with van der Waals surface area (Å²) in [5, 5.41) is 0. The first-order valence-corrected chi connectivity index (χ1v) is 10.4. The smallest absolute Gasteiger partial charge is 0.307 e. The zero-order chi connectivity index (χ0) is 18.5. The number of fused-ring (bicyclic) bond motifs is 5. The fourth-order valence-corrected chi connectivity index (χ4v) is 7.06. The zero-order valence-corrected chi connectivity index (χ0v) is 16.3. The van der Waals surface area contributed by atoms with Crippen LogP contribution in [-0.4, -0.2) is 18.0 Å². The molecule has 4 aliphatic rings. The topological polar surface area (TPSA) is 52.6 Å². The number of carbonyl (C=O) groups excluding carboxylic acids is 2. The van der Waals surface area contributed by atoms with Crippen molar-refractivity contribution in [2.75, 3.05) is 0 Å². The largest absolute Gasteiger partial charge is 0.462 e. The average molecular weight is 360 g/mol. The van der Waals surface area contributed by atoms with E-state index < -0.39 is 0 Å². The second-order valence-corrected chi connectivity index (χ2v) is 9.32. The molecule has 4 rings (SSSR count). The van der Waals surface area contributed by atoms with Gasteiger partial charge in [-0.25, -0.2) is 0 Å². The van der Waals surface area contributed by atoms with Crippen molar-refractivity contribution in [1.82, 2.24) is 0 Å².